The average molecular weight is 295 g/mol. The molecule has 21 heavy (non-hydrogen) atoms. The quantitative estimate of drug-likeness (QED) is 0.198. The Kier molecular flexibility index (Phi) is 5.87. The molecule has 0 spiro atoms. The van der Waals surface area contributed by atoms with Gasteiger partial charge in [0.05, 0.1) is 4.92 Å². The van der Waals surface area contributed by atoms with E-state index in [9.17, 15) is 19.7 Å². The van der Waals surface area contributed by atoms with Gasteiger partial charge in [0.15, 0.2) is 0 Å². The third kappa shape index (κ3) is 5.72. The Morgan fingerprint density at radius 3 is 2.29 bits per heavy atom. The van der Waals surface area contributed by atoms with Crippen LogP contribution in [0.1, 0.15) is 6.92 Å². The molecule has 0 fully saturated rings. The zero-order valence-corrected chi connectivity index (χ0v) is 11.2. The molecular weight excluding hydrogens is 282 g/mol. The van der Waals surface area contributed by atoms with Crippen molar-refractivity contribution in [2.75, 3.05) is 13.2 Å². The number of non-ortho nitro benzene ring substituents is 1. The van der Waals surface area contributed by atoms with Gasteiger partial charge in [0.1, 0.15) is 19.0 Å². The molecule has 0 saturated carbocycles. The summed E-state index contributed by atoms with van der Waals surface area (Å²) in [5.74, 6) is -0.480. The standard InChI is InChI=1S/C13H13NO7/c1-9(2)12(15)19-7-8-20-13(16)21-11-5-3-10(4-6-11)14(17)18/h3-6H,1,7-8H2,2H3. The SMILES string of the molecule is C=C(C)C(=O)OCCOC(=O)Oc1ccc([N+](=O)[O-])cc1. The van der Waals surface area contributed by atoms with Crippen LogP contribution in [0.25, 0.3) is 0 Å². The molecule has 8 heteroatoms. The van der Waals surface area contributed by atoms with E-state index in [1.54, 1.807) is 0 Å². The molecule has 1 rings (SSSR count). The van der Waals surface area contributed by atoms with Gasteiger partial charge in [-0.15, -0.1) is 0 Å². The molecule has 0 aromatic heterocycles. The van der Waals surface area contributed by atoms with Gasteiger partial charge in [-0.2, -0.15) is 0 Å². The number of hydrogen-bond acceptors (Lipinski definition) is 7. The first-order chi connectivity index (χ1) is 9.90. The topological polar surface area (TPSA) is 105 Å². The van der Waals surface area contributed by atoms with Crippen LogP contribution in [0.4, 0.5) is 10.5 Å². The van der Waals surface area contributed by atoms with Gasteiger partial charge in [0.2, 0.25) is 0 Å². The highest BCUT2D eigenvalue weighted by Crippen LogP contribution is 2.17. The smallest absolute Gasteiger partial charge is 0.459 e. The number of nitro groups is 1. The minimum atomic E-state index is -1.00. The van der Waals surface area contributed by atoms with Crippen LogP contribution in [0.2, 0.25) is 0 Å². The van der Waals surface area contributed by atoms with Crippen molar-refractivity contribution in [2.24, 2.45) is 0 Å². The Morgan fingerprint density at radius 1 is 1.19 bits per heavy atom. The second kappa shape index (κ2) is 7.63. The monoisotopic (exact) mass is 295 g/mol. The number of benzene rings is 1. The highest BCUT2D eigenvalue weighted by molar-refractivity contribution is 5.86. The summed E-state index contributed by atoms with van der Waals surface area (Å²) in [7, 11) is 0. The Morgan fingerprint density at radius 2 is 1.76 bits per heavy atom. The normalized spacial score (nSPS) is 9.57. The van der Waals surface area contributed by atoms with E-state index < -0.39 is 17.0 Å². The van der Waals surface area contributed by atoms with E-state index in [4.69, 9.17) is 9.47 Å². The Bertz CT molecular complexity index is 550. The van der Waals surface area contributed by atoms with Crippen LogP contribution in [-0.4, -0.2) is 30.3 Å². The number of esters is 1. The first-order valence-electron chi connectivity index (χ1n) is 5.82. The van der Waals surface area contributed by atoms with Gasteiger partial charge in [0, 0.05) is 17.7 Å². The minimum absolute atomic E-state index is 0.101. The molecule has 0 aliphatic carbocycles. The maximum absolute atomic E-state index is 11.3. The highest BCUT2D eigenvalue weighted by atomic mass is 16.7. The Labute approximate surface area is 120 Å². The molecule has 0 heterocycles. The number of hydrogen-bond donors (Lipinski definition) is 0. The lowest BCUT2D eigenvalue weighted by Crippen LogP contribution is -2.16. The van der Waals surface area contributed by atoms with E-state index in [0.717, 1.165) is 0 Å². The lowest BCUT2D eigenvalue weighted by molar-refractivity contribution is -0.384. The maximum Gasteiger partial charge on any atom is 0.513 e. The van der Waals surface area contributed by atoms with Gasteiger partial charge in [-0.3, -0.25) is 10.1 Å². The van der Waals surface area contributed by atoms with Crippen LogP contribution in [0.3, 0.4) is 0 Å². The summed E-state index contributed by atoms with van der Waals surface area (Å²) in [5.41, 5.74) is 0.117. The van der Waals surface area contributed by atoms with Gasteiger partial charge in [0.25, 0.3) is 5.69 Å². The lowest BCUT2D eigenvalue weighted by Gasteiger charge is -2.06. The molecule has 0 amide bonds. The summed E-state index contributed by atoms with van der Waals surface area (Å²) in [6.45, 7) is 4.58. The van der Waals surface area contributed by atoms with Crippen molar-refractivity contribution in [3.8, 4) is 5.75 Å². The minimum Gasteiger partial charge on any atom is -0.459 e. The maximum atomic E-state index is 11.3. The average Bonchev–Trinajstić information content (AvgIpc) is 2.43. The molecule has 0 atom stereocenters. The third-order valence-corrected chi connectivity index (χ3v) is 2.13. The summed E-state index contributed by atoms with van der Waals surface area (Å²) in [5, 5.41) is 10.4. The predicted octanol–water partition coefficient (Wildman–Crippen LogP) is 2.23. The fourth-order valence-corrected chi connectivity index (χ4v) is 1.14. The largest absolute Gasteiger partial charge is 0.513 e. The van der Waals surface area contributed by atoms with Gasteiger partial charge in [-0.05, 0) is 19.1 Å². The summed E-state index contributed by atoms with van der Waals surface area (Å²) >= 11 is 0. The zero-order chi connectivity index (χ0) is 15.8. The van der Waals surface area contributed by atoms with Crippen LogP contribution in [0.15, 0.2) is 36.4 Å². The first-order valence-corrected chi connectivity index (χ1v) is 5.82. The van der Waals surface area contributed by atoms with Crippen molar-refractivity contribution < 1.29 is 28.7 Å². The Hall–Kier alpha value is -2.90. The molecule has 0 bridgehead atoms. The summed E-state index contributed by atoms with van der Waals surface area (Å²) in [6, 6.07) is 4.91. The molecule has 1 aromatic carbocycles. The summed E-state index contributed by atoms with van der Waals surface area (Å²) in [4.78, 5) is 32.2. The van der Waals surface area contributed by atoms with E-state index in [-0.39, 0.29) is 30.2 Å². The van der Waals surface area contributed by atoms with Crippen molar-refractivity contribution >= 4 is 17.8 Å². The summed E-state index contributed by atoms with van der Waals surface area (Å²) < 4.78 is 14.1. The molecule has 0 unspecified atom stereocenters. The molecule has 0 N–H and O–H groups in total. The van der Waals surface area contributed by atoms with Crippen molar-refractivity contribution in [2.45, 2.75) is 6.92 Å². The van der Waals surface area contributed by atoms with Crippen molar-refractivity contribution in [3.63, 3.8) is 0 Å². The van der Waals surface area contributed by atoms with Gasteiger partial charge in [-0.1, -0.05) is 6.58 Å². The Balaban J connectivity index is 2.32. The zero-order valence-electron chi connectivity index (χ0n) is 11.2. The predicted molar refractivity (Wildman–Crippen MR) is 70.8 cm³/mol. The van der Waals surface area contributed by atoms with Gasteiger partial charge < -0.3 is 14.2 Å². The van der Waals surface area contributed by atoms with Crippen LogP contribution >= 0.6 is 0 Å². The second-order valence-corrected chi connectivity index (χ2v) is 3.87. The molecule has 0 saturated heterocycles. The van der Waals surface area contributed by atoms with Crippen LogP contribution in [0.5, 0.6) is 5.75 Å². The first kappa shape index (κ1) is 16.2. The van der Waals surface area contributed by atoms with E-state index in [2.05, 4.69) is 11.3 Å². The fourth-order valence-electron chi connectivity index (χ4n) is 1.14. The number of nitro benzene ring substituents is 1. The van der Waals surface area contributed by atoms with E-state index in [1.807, 2.05) is 0 Å². The van der Waals surface area contributed by atoms with Crippen LogP contribution in [0, 0.1) is 10.1 Å². The molecule has 0 radical (unpaired) electrons. The van der Waals surface area contributed by atoms with Gasteiger partial charge in [-0.25, -0.2) is 9.59 Å². The van der Waals surface area contributed by atoms with E-state index in [0.29, 0.717) is 0 Å². The van der Waals surface area contributed by atoms with Gasteiger partial charge >= 0.3 is 12.1 Å². The van der Waals surface area contributed by atoms with Crippen LogP contribution in [-0.2, 0) is 14.3 Å². The molecule has 8 nitrogen and oxygen atoms in total. The molecular formula is C13H13NO7. The highest BCUT2D eigenvalue weighted by Gasteiger charge is 2.09. The van der Waals surface area contributed by atoms with Crippen molar-refractivity contribution in [1.82, 2.24) is 0 Å². The number of carbonyl (C=O) groups excluding carboxylic acids is 2. The molecule has 112 valence electrons. The number of ether oxygens (including phenoxy) is 3. The third-order valence-electron chi connectivity index (χ3n) is 2.13. The molecule has 0 aliphatic rings. The number of carbonyl (C=O) groups is 2. The van der Waals surface area contributed by atoms with Crippen molar-refractivity contribution in [1.29, 1.82) is 0 Å². The molecule has 1 aromatic rings. The number of rotatable bonds is 6. The number of nitrogens with zero attached hydrogens (tertiary/aromatic N) is 1. The summed E-state index contributed by atoms with van der Waals surface area (Å²) in [6.07, 6.45) is -1.00. The van der Waals surface area contributed by atoms with Crippen molar-refractivity contribution in [3.05, 3.63) is 46.5 Å². The molecule has 0 aliphatic heterocycles. The fraction of sp³-hybridized carbons (Fsp3) is 0.231. The van der Waals surface area contributed by atoms with E-state index >= 15 is 0 Å². The van der Waals surface area contributed by atoms with E-state index in [1.165, 1.54) is 31.2 Å². The second-order valence-electron chi connectivity index (χ2n) is 3.87. The lowest BCUT2D eigenvalue weighted by atomic mass is 10.3. The van der Waals surface area contributed by atoms with Crippen LogP contribution < -0.4 is 4.74 Å².